The van der Waals surface area contributed by atoms with Crippen LogP contribution in [0, 0.1) is 12.7 Å². The van der Waals surface area contributed by atoms with Crippen molar-refractivity contribution >= 4 is 29.0 Å². The van der Waals surface area contributed by atoms with Crippen LogP contribution in [0.1, 0.15) is 26.8 Å². The first-order chi connectivity index (χ1) is 11.8. The van der Waals surface area contributed by atoms with Crippen molar-refractivity contribution in [2.45, 2.75) is 13.0 Å². The summed E-state index contributed by atoms with van der Waals surface area (Å²) in [6, 6.07) is 5.93. The second-order valence-corrected chi connectivity index (χ2v) is 6.80. The lowest BCUT2D eigenvalue weighted by Gasteiger charge is -2.23. The Bertz CT molecular complexity index is 762. The van der Waals surface area contributed by atoms with E-state index in [2.05, 4.69) is 10.6 Å². The molecule has 1 aromatic heterocycles. The normalized spacial score (nSPS) is 12.0. The van der Waals surface area contributed by atoms with Gasteiger partial charge in [0.15, 0.2) is 0 Å². The number of nitrogens with one attached hydrogen (secondary N) is 2. The van der Waals surface area contributed by atoms with Crippen molar-refractivity contribution in [1.82, 2.24) is 10.2 Å². The molecule has 134 valence electrons. The zero-order valence-electron chi connectivity index (χ0n) is 14.3. The molecule has 0 unspecified atom stereocenters. The van der Waals surface area contributed by atoms with Crippen molar-refractivity contribution in [1.29, 1.82) is 0 Å². The number of benzene rings is 1. The van der Waals surface area contributed by atoms with E-state index in [-0.39, 0.29) is 22.9 Å². The molecule has 3 amide bonds. The van der Waals surface area contributed by atoms with Crippen LogP contribution in [0.5, 0.6) is 0 Å². The van der Waals surface area contributed by atoms with Gasteiger partial charge in [0.1, 0.15) is 5.82 Å². The van der Waals surface area contributed by atoms with Crippen LogP contribution in [-0.2, 0) is 0 Å². The van der Waals surface area contributed by atoms with Gasteiger partial charge in [-0.05, 0) is 44.6 Å². The van der Waals surface area contributed by atoms with Gasteiger partial charge >= 0.3 is 6.03 Å². The Hall–Kier alpha value is -2.45. The maximum absolute atomic E-state index is 13.9. The Kier molecular flexibility index (Phi) is 6.11. The van der Waals surface area contributed by atoms with E-state index >= 15 is 0 Å². The molecule has 0 bridgehead atoms. The van der Waals surface area contributed by atoms with Gasteiger partial charge < -0.3 is 21.3 Å². The van der Waals surface area contributed by atoms with Gasteiger partial charge in [-0.1, -0.05) is 6.07 Å². The van der Waals surface area contributed by atoms with E-state index in [0.29, 0.717) is 6.54 Å². The standard InChI is InChI=1S/C17H21FN4O2S/c1-10-12(18)7-11(16(19)23)8-13(10)21-17(24)20-9-14(22(2)3)15-5-4-6-25-15/h4-8,14H,9H2,1-3H3,(H2,19,23)(H2,20,21,24)/t14-/m0/s1. The average molecular weight is 364 g/mol. The summed E-state index contributed by atoms with van der Waals surface area (Å²) < 4.78 is 13.9. The molecule has 0 aliphatic carbocycles. The molecule has 8 heteroatoms. The SMILES string of the molecule is Cc1c(F)cc(C(N)=O)cc1NC(=O)NC[C@@H](c1cccs1)N(C)C. The molecule has 0 saturated carbocycles. The van der Waals surface area contributed by atoms with Crippen LogP contribution in [-0.4, -0.2) is 37.5 Å². The van der Waals surface area contributed by atoms with Gasteiger partial charge in [0.05, 0.1) is 6.04 Å². The molecule has 0 aliphatic rings. The van der Waals surface area contributed by atoms with Gasteiger partial charge in [-0.2, -0.15) is 0 Å². The van der Waals surface area contributed by atoms with Crippen molar-refractivity contribution in [3.63, 3.8) is 0 Å². The third-order valence-electron chi connectivity index (χ3n) is 3.83. The highest BCUT2D eigenvalue weighted by Gasteiger charge is 2.17. The lowest BCUT2D eigenvalue weighted by Crippen LogP contribution is -2.36. The number of nitrogens with two attached hydrogens (primary N) is 1. The van der Waals surface area contributed by atoms with Gasteiger partial charge in [-0.25, -0.2) is 9.18 Å². The molecule has 0 fully saturated rings. The fourth-order valence-electron chi connectivity index (χ4n) is 2.33. The maximum atomic E-state index is 13.9. The maximum Gasteiger partial charge on any atom is 0.319 e. The molecule has 0 saturated heterocycles. The number of nitrogens with zero attached hydrogens (tertiary/aromatic N) is 1. The molecule has 0 spiro atoms. The zero-order chi connectivity index (χ0) is 18.6. The van der Waals surface area contributed by atoms with Crippen LogP contribution < -0.4 is 16.4 Å². The molecular formula is C17H21FN4O2S. The number of primary amides is 1. The number of likely N-dealkylation sites (N-methyl/N-ethyl adjacent to an activating group) is 1. The molecule has 1 aromatic carbocycles. The zero-order valence-corrected chi connectivity index (χ0v) is 15.1. The quantitative estimate of drug-likeness (QED) is 0.736. The van der Waals surface area contributed by atoms with E-state index < -0.39 is 17.8 Å². The molecule has 0 radical (unpaired) electrons. The molecule has 2 rings (SSSR count). The van der Waals surface area contributed by atoms with E-state index in [4.69, 9.17) is 5.73 Å². The second-order valence-electron chi connectivity index (χ2n) is 5.82. The fraction of sp³-hybridized carbons (Fsp3) is 0.294. The Morgan fingerprint density at radius 3 is 2.64 bits per heavy atom. The molecule has 1 atom stereocenters. The predicted octanol–water partition coefficient (Wildman–Crippen LogP) is 2.72. The Morgan fingerprint density at radius 1 is 1.36 bits per heavy atom. The van der Waals surface area contributed by atoms with E-state index in [1.165, 1.54) is 13.0 Å². The van der Waals surface area contributed by atoms with Gasteiger partial charge in [-0.15, -0.1) is 11.3 Å². The van der Waals surface area contributed by atoms with E-state index in [9.17, 15) is 14.0 Å². The largest absolute Gasteiger partial charge is 0.366 e. The highest BCUT2D eigenvalue weighted by molar-refractivity contribution is 7.10. The van der Waals surface area contributed by atoms with Crippen LogP contribution in [0.4, 0.5) is 14.9 Å². The fourth-order valence-corrected chi connectivity index (χ4v) is 3.25. The lowest BCUT2D eigenvalue weighted by atomic mass is 10.1. The van der Waals surface area contributed by atoms with Crippen molar-refractivity contribution in [3.8, 4) is 0 Å². The lowest BCUT2D eigenvalue weighted by molar-refractivity contribution is 0.1000. The molecule has 6 nitrogen and oxygen atoms in total. The first kappa shape index (κ1) is 18.9. The summed E-state index contributed by atoms with van der Waals surface area (Å²) in [6.45, 7) is 1.90. The number of thiophene rings is 1. The number of hydrogen-bond acceptors (Lipinski definition) is 4. The summed E-state index contributed by atoms with van der Waals surface area (Å²) >= 11 is 1.61. The van der Waals surface area contributed by atoms with Gasteiger partial charge in [0.2, 0.25) is 5.91 Å². The molecule has 2 aromatic rings. The highest BCUT2D eigenvalue weighted by Crippen LogP contribution is 2.23. The number of carbonyl (C=O) groups excluding carboxylic acids is 2. The third-order valence-corrected chi connectivity index (χ3v) is 4.80. The number of hydrogen-bond donors (Lipinski definition) is 3. The van der Waals surface area contributed by atoms with Gasteiger partial charge in [0, 0.05) is 28.2 Å². The van der Waals surface area contributed by atoms with Crippen molar-refractivity contribution in [3.05, 3.63) is 51.5 Å². The third kappa shape index (κ3) is 4.77. The number of anilines is 1. The molecule has 0 aliphatic heterocycles. The summed E-state index contributed by atoms with van der Waals surface area (Å²) in [5.41, 5.74) is 5.63. The number of urea groups is 1. The Labute approximate surface area is 149 Å². The van der Waals surface area contributed by atoms with Crippen LogP contribution in [0.25, 0.3) is 0 Å². The van der Waals surface area contributed by atoms with E-state index in [1.54, 1.807) is 11.3 Å². The molecule has 25 heavy (non-hydrogen) atoms. The van der Waals surface area contributed by atoms with Crippen LogP contribution in [0.15, 0.2) is 29.6 Å². The van der Waals surface area contributed by atoms with Crippen LogP contribution >= 0.6 is 11.3 Å². The predicted molar refractivity (Wildman–Crippen MR) is 97.4 cm³/mol. The first-order valence-electron chi connectivity index (χ1n) is 7.64. The first-order valence-corrected chi connectivity index (χ1v) is 8.52. The minimum absolute atomic E-state index is 0.00292. The van der Waals surface area contributed by atoms with Gasteiger partial charge in [0.25, 0.3) is 0 Å². The van der Waals surface area contributed by atoms with Gasteiger partial charge in [-0.3, -0.25) is 4.79 Å². The van der Waals surface area contributed by atoms with E-state index in [0.717, 1.165) is 10.9 Å². The monoisotopic (exact) mass is 364 g/mol. The number of rotatable bonds is 6. The van der Waals surface area contributed by atoms with Crippen molar-refractivity contribution in [2.75, 3.05) is 26.0 Å². The molecular weight excluding hydrogens is 343 g/mol. The smallest absolute Gasteiger partial charge is 0.319 e. The minimum atomic E-state index is -0.757. The van der Waals surface area contributed by atoms with Crippen LogP contribution in [0.3, 0.4) is 0 Å². The average Bonchev–Trinajstić information content (AvgIpc) is 3.05. The number of halogens is 1. The molecule has 1 heterocycles. The summed E-state index contributed by atoms with van der Waals surface area (Å²) in [5, 5.41) is 7.33. The summed E-state index contributed by atoms with van der Waals surface area (Å²) in [4.78, 5) is 26.6. The van der Waals surface area contributed by atoms with Crippen LogP contribution in [0.2, 0.25) is 0 Å². The van der Waals surface area contributed by atoms with E-state index in [1.807, 2.05) is 36.5 Å². The minimum Gasteiger partial charge on any atom is -0.366 e. The second kappa shape index (κ2) is 8.09. The molecule has 4 N–H and O–H groups in total. The Morgan fingerprint density at radius 2 is 2.08 bits per heavy atom. The van der Waals surface area contributed by atoms with Crippen molar-refractivity contribution < 1.29 is 14.0 Å². The summed E-state index contributed by atoms with van der Waals surface area (Å²) in [6.07, 6.45) is 0. The van der Waals surface area contributed by atoms with Crippen molar-refractivity contribution in [2.24, 2.45) is 5.73 Å². The highest BCUT2D eigenvalue weighted by atomic mass is 32.1. The number of amides is 3. The topological polar surface area (TPSA) is 87.5 Å². The summed E-state index contributed by atoms with van der Waals surface area (Å²) in [5.74, 6) is -1.36. The Balaban J connectivity index is 2.06. The summed E-state index contributed by atoms with van der Waals surface area (Å²) in [7, 11) is 3.86. The number of carbonyl (C=O) groups is 2.